The number of alkyl halides is 3. The summed E-state index contributed by atoms with van der Waals surface area (Å²) in [6.07, 6.45) is -4.04. The highest BCUT2D eigenvalue weighted by atomic mass is 35.5. The maximum Gasteiger partial charge on any atom is 0.450 e. The Morgan fingerprint density at radius 3 is 2.00 bits per heavy atom. The zero-order valence-corrected chi connectivity index (χ0v) is 8.17. The Hall–Kier alpha value is -0.330. The number of carbonyl (C=O) groups excluding carboxylic acids is 1. The first-order chi connectivity index (χ1) is 5.52. The van der Waals surface area contributed by atoms with Gasteiger partial charge in [-0.3, -0.25) is 4.79 Å². The molecule has 0 atom stereocenters. The molecule has 1 rings (SSSR count). The molecule has 0 aromatic rings. The fourth-order valence-electron chi connectivity index (χ4n) is 1.32. The lowest BCUT2D eigenvalue weighted by Gasteiger charge is -2.21. The summed E-state index contributed by atoms with van der Waals surface area (Å²) >= 11 is 0. The SMILES string of the molecule is Cl.O.O=C(C1CCNCC1)C(F)(F)F. The molecule has 0 radical (unpaired) electrons. The van der Waals surface area contributed by atoms with Crippen molar-refractivity contribution in [1.29, 1.82) is 0 Å². The van der Waals surface area contributed by atoms with Crippen LogP contribution in [-0.2, 0) is 4.79 Å². The van der Waals surface area contributed by atoms with Crippen LogP contribution >= 0.6 is 12.4 Å². The van der Waals surface area contributed by atoms with Gasteiger partial charge in [0, 0.05) is 5.92 Å². The van der Waals surface area contributed by atoms with E-state index in [2.05, 4.69) is 5.32 Å². The number of Topliss-reactive ketones (excluding diaryl/α,β-unsaturated/α-hetero) is 1. The summed E-state index contributed by atoms with van der Waals surface area (Å²) in [5.41, 5.74) is 0. The normalized spacial score (nSPS) is 17.9. The van der Waals surface area contributed by atoms with Crippen LogP contribution in [0.2, 0.25) is 0 Å². The summed E-state index contributed by atoms with van der Waals surface area (Å²) in [7, 11) is 0. The highest BCUT2D eigenvalue weighted by Crippen LogP contribution is 2.25. The molecule has 0 saturated carbocycles. The van der Waals surface area contributed by atoms with E-state index < -0.39 is 17.9 Å². The Balaban J connectivity index is 0. The third-order valence-corrected chi connectivity index (χ3v) is 1.99. The molecule has 7 heteroatoms. The van der Waals surface area contributed by atoms with Crippen molar-refractivity contribution < 1.29 is 23.4 Å². The molecule has 3 N–H and O–H groups in total. The Labute approximate surface area is 85.8 Å². The third kappa shape index (κ3) is 4.26. The number of hydrogen-bond donors (Lipinski definition) is 1. The summed E-state index contributed by atoms with van der Waals surface area (Å²) in [5.74, 6) is -2.38. The van der Waals surface area contributed by atoms with Gasteiger partial charge in [0.25, 0.3) is 0 Å². The van der Waals surface area contributed by atoms with Crippen molar-refractivity contribution in [2.45, 2.75) is 19.0 Å². The lowest BCUT2D eigenvalue weighted by molar-refractivity contribution is -0.176. The van der Waals surface area contributed by atoms with E-state index in [1.54, 1.807) is 0 Å². The minimum atomic E-state index is -4.65. The van der Waals surface area contributed by atoms with Crippen molar-refractivity contribution in [2.75, 3.05) is 13.1 Å². The highest BCUT2D eigenvalue weighted by molar-refractivity contribution is 5.86. The number of ketones is 1. The summed E-state index contributed by atoms with van der Waals surface area (Å²) < 4.78 is 35.6. The van der Waals surface area contributed by atoms with Crippen molar-refractivity contribution >= 4 is 18.2 Å². The highest BCUT2D eigenvalue weighted by Gasteiger charge is 2.43. The second-order valence-electron chi connectivity index (χ2n) is 2.89. The summed E-state index contributed by atoms with van der Waals surface area (Å²) in [6.45, 7) is 1.01. The molecule has 1 saturated heterocycles. The van der Waals surface area contributed by atoms with Gasteiger partial charge in [-0.2, -0.15) is 13.2 Å². The second-order valence-corrected chi connectivity index (χ2v) is 2.89. The molecule has 0 aromatic heterocycles. The molecule has 14 heavy (non-hydrogen) atoms. The summed E-state index contributed by atoms with van der Waals surface area (Å²) in [6, 6.07) is 0. The number of hydrogen-bond acceptors (Lipinski definition) is 2. The standard InChI is InChI=1S/C7H10F3NO.ClH.H2O/c8-7(9,10)6(12)5-1-3-11-4-2-5;;/h5,11H,1-4H2;1H;1H2. The lowest BCUT2D eigenvalue weighted by atomic mass is 9.93. The average Bonchev–Trinajstić information content (AvgIpc) is 2.03. The minimum absolute atomic E-state index is 0. The number of piperidine rings is 1. The maximum absolute atomic E-state index is 11.9. The second kappa shape index (κ2) is 6.21. The van der Waals surface area contributed by atoms with Crippen molar-refractivity contribution in [2.24, 2.45) is 5.92 Å². The molecule has 0 spiro atoms. The number of carbonyl (C=O) groups is 1. The first-order valence-corrected chi connectivity index (χ1v) is 3.83. The van der Waals surface area contributed by atoms with Gasteiger partial charge < -0.3 is 10.8 Å². The first-order valence-electron chi connectivity index (χ1n) is 3.83. The van der Waals surface area contributed by atoms with E-state index in [9.17, 15) is 18.0 Å². The quantitative estimate of drug-likeness (QED) is 0.728. The number of rotatable bonds is 1. The van der Waals surface area contributed by atoms with Crippen LogP contribution in [0, 0.1) is 5.92 Å². The Morgan fingerprint density at radius 2 is 1.64 bits per heavy atom. The molecule has 0 amide bonds. The van der Waals surface area contributed by atoms with E-state index in [1.165, 1.54) is 0 Å². The van der Waals surface area contributed by atoms with Gasteiger partial charge in [0.1, 0.15) is 0 Å². The Kier molecular flexibility index (Phi) is 7.15. The predicted molar refractivity (Wildman–Crippen MR) is 47.5 cm³/mol. The third-order valence-electron chi connectivity index (χ3n) is 1.99. The van der Waals surface area contributed by atoms with E-state index in [4.69, 9.17) is 0 Å². The zero-order valence-electron chi connectivity index (χ0n) is 7.36. The van der Waals surface area contributed by atoms with Crippen LogP contribution in [0.15, 0.2) is 0 Å². The Morgan fingerprint density at radius 1 is 1.21 bits per heavy atom. The molecule has 1 heterocycles. The molecular formula is C7H13ClF3NO2. The van der Waals surface area contributed by atoms with Gasteiger partial charge in [-0.25, -0.2) is 0 Å². The van der Waals surface area contributed by atoms with Gasteiger partial charge in [0.05, 0.1) is 0 Å². The largest absolute Gasteiger partial charge is 0.450 e. The predicted octanol–water partition coefficient (Wildman–Crippen LogP) is 0.715. The van der Waals surface area contributed by atoms with Gasteiger partial charge in [-0.1, -0.05) is 0 Å². The molecule has 86 valence electrons. The van der Waals surface area contributed by atoms with E-state index >= 15 is 0 Å². The Bertz CT molecular complexity index is 180. The van der Waals surface area contributed by atoms with Crippen LogP contribution in [0.1, 0.15) is 12.8 Å². The van der Waals surface area contributed by atoms with Gasteiger partial charge in [-0.05, 0) is 25.9 Å². The zero-order chi connectivity index (χ0) is 9.19. The van der Waals surface area contributed by atoms with Gasteiger partial charge in [0.2, 0.25) is 5.78 Å². The fourth-order valence-corrected chi connectivity index (χ4v) is 1.32. The molecular weight excluding hydrogens is 223 g/mol. The van der Waals surface area contributed by atoms with E-state index in [0.29, 0.717) is 25.9 Å². The van der Waals surface area contributed by atoms with Crippen molar-refractivity contribution in [3.8, 4) is 0 Å². The molecule has 0 aliphatic carbocycles. The van der Waals surface area contributed by atoms with Crippen molar-refractivity contribution in [3.63, 3.8) is 0 Å². The number of halogens is 4. The summed E-state index contributed by atoms with van der Waals surface area (Å²) in [4.78, 5) is 10.7. The molecule has 0 aromatic carbocycles. The molecule has 1 fully saturated rings. The monoisotopic (exact) mass is 235 g/mol. The van der Waals surface area contributed by atoms with Crippen LogP contribution in [-0.4, -0.2) is 30.5 Å². The maximum atomic E-state index is 11.9. The minimum Gasteiger partial charge on any atom is -0.412 e. The molecule has 0 unspecified atom stereocenters. The number of nitrogens with one attached hydrogen (secondary N) is 1. The van der Waals surface area contributed by atoms with Gasteiger partial charge in [-0.15, -0.1) is 12.4 Å². The van der Waals surface area contributed by atoms with Gasteiger partial charge in [0.15, 0.2) is 0 Å². The molecule has 1 aliphatic heterocycles. The van der Waals surface area contributed by atoms with Crippen LogP contribution in [0.3, 0.4) is 0 Å². The van der Waals surface area contributed by atoms with Crippen molar-refractivity contribution in [1.82, 2.24) is 5.32 Å². The first kappa shape index (κ1) is 16.1. The fraction of sp³-hybridized carbons (Fsp3) is 0.857. The summed E-state index contributed by atoms with van der Waals surface area (Å²) in [5, 5.41) is 2.90. The topological polar surface area (TPSA) is 60.6 Å². The van der Waals surface area contributed by atoms with Crippen LogP contribution < -0.4 is 5.32 Å². The van der Waals surface area contributed by atoms with Crippen LogP contribution in [0.5, 0.6) is 0 Å². The van der Waals surface area contributed by atoms with E-state index in [0.717, 1.165) is 0 Å². The van der Waals surface area contributed by atoms with Gasteiger partial charge >= 0.3 is 6.18 Å². The molecule has 0 bridgehead atoms. The van der Waals surface area contributed by atoms with E-state index in [-0.39, 0.29) is 17.9 Å². The van der Waals surface area contributed by atoms with E-state index in [1.807, 2.05) is 0 Å². The molecule has 1 aliphatic rings. The lowest BCUT2D eigenvalue weighted by Crippen LogP contribution is -2.38. The smallest absolute Gasteiger partial charge is 0.412 e. The molecule has 3 nitrogen and oxygen atoms in total. The average molecular weight is 236 g/mol. The van der Waals surface area contributed by atoms with Crippen LogP contribution in [0.25, 0.3) is 0 Å². The van der Waals surface area contributed by atoms with Crippen molar-refractivity contribution in [3.05, 3.63) is 0 Å². The van der Waals surface area contributed by atoms with Crippen LogP contribution in [0.4, 0.5) is 13.2 Å².